The molecule has 1 rings (SSSR count). The van der Waals surface area contributed by atoms with Crippen LogP contribution in [0.4, 0.5) is 0 Å². The molecule has 90 valence electrons. The maximum Gasteiger partial charge on any atom is 0.0958 e. The van der Waals surface area contributed by atoms with Gasteiger partial charge in [0, 0.05) is 11.9 Å². The van der Waals surface area contributed by atoms with Gasteiger partial charge in [0.05, 0.1) is 31.0 Å². The number of rotatable bonds is 5. The predicted octanol–water partition coefficient (Wildman–Crippen LogP) is 2.37. The standard InChI is InChI=1S/C11H21BrO3/c1-11(2,3)15-6-5-14-9-7-8(12)10(9)13-4/h8-10H,5-7H2,1-4H3. The van der Waals surface area contributed by atoms with Crippen molar-refractivity contribution in [1.29, 1.82) is 0 Å². The van der Waals surface area contributed by atoms with Crippen LogP contribution >= 0.6 is 15.9 Å². The molecule has 0 aromatic rings. The Bertz CT molecular complexity index is 191. The van der Waals surface area contributed by atoms with E-state index < -0.39 is 0 Å². The molecule has 0 N–H and O–H groups in total. The first-order valence-electron chi connectivity index (χ1n) is 5.36. The third-order valence-corrected chi connectivity index (χ3v) is 3.30. The van der Waals surface area contributed by atoms with Crippen molar-refractivity contribution in [3.63, 3.8) is 0 Å². The fraction of sp³-hybridized carbons (Fsp3) is 1.00. The molecule has 4 heteroatoms. The van der Waals surface area contributed by atoms with Crippen molar-refractivity contribution in [1.82, 2.24) is 0 Å². The fourth-order valence-electron chi connectivity index (χ4n) is 1.54. The van der Waals surface area contributed by atoms with Crippen molar-refractivity contribution in [2.45, 2.75) is 49.8 Å². The Morgan fingerprint density at radius 3 is 2.40 bits per heavy atom. The van der Waals surface area contributed by atoms with Gasteiger partial charge in [-0.15, -0.1) is 0 Å². The third-order valence-electron chi connectivity index (χ3n) is 2.40. The van der Waals surface area contributed by atoms with Crippen molar-refractivity contribution in [3.05, 3.63) is 0 Å². The molecular formula is C11H21BrO3. The first-order chi connectivity index (χ1) is 6.94. The van der Waals surface area contributed by atoms with Crippen LogP contribution in [0.3, 0.4) is 0 Å². The van der Waals surface area contributed by atoms with Gasteiger partial charge >= 0.3 is 0 Å². The zero-order valence-electron chi connectivity index (χ0n) is 9.96. The fourth-order valence-corrected chi connectivity index (χ4v) is 2.46. The maximum atomic E-state index is 5.67. The highest BCUT2D eigenvalue weighted by molar-refractivity contribution is 9.09. The largest absolute Gasteiger partial charge is 0.378 e. The van der Waals surface area contributed by atoms with Crippen molar-refractivity contribution in [2.75, 3.05) is 20.3 Å². The highest BCUT2D eigenvalue weighted by Crippen LogP contribution is 2.32. The number of alkyl halides is 1. The summed E-state index contributed by atoms with van der Waals surface area (Å²) in [5.74, 6) is 0. The van der Waals surface area contributed by atoms with E-state index in [1.807, 2.05) is 20.8 Å². The van der Waals surface area contributed by atoms with E-state index in [2.05, 4.69) is 15.9 Å². The average molecular weight is 281 g/mol. The highest BCUT2D eigenvalue weighted by Gasteiger charge is 2.40. The average Bonchev–Trinajstić information content (AvgIpc) is 2.09. The van der Waals surface area contributed by atoms with Crippen LogP contribution in [-0.4, -0.2) is 43.0 Å². The van der Waals surface area contributed by atoms with Crippen LogP contribution in [-0.2, 0) is 14.2 Å². The molecule has 0 heterocycles. The van der Waals surface area contributed by atoms with Gasteiger partial charge in [-0.25, -0.2) is 0 Å². The van der Waals surface area contributed by atoms with E-state index in [4.69, 9.17) is 14.2 Å². The van der Waals surface area contributed by atoms with E-state index in [9.17, 15) is 0 Å². The minimum atomic E-state index is -0.0818. The van der Waals surface area contributed by atoms with E-state index in [1.165, 1.54) is 0 Å². The molecule has 0 radical (unpaired) electrons. The first kappa shape index (κ1) is 13.4. The lowest BCUT2D eigenvalue weighted by molar-refractivity contribution is -0.125. The summed E-state index contributed by atoms with van der Waals surface area (Å²) in [5, 5.41) is 0. The SMILES string of the molecule is COC1C(Br)CC1OCCOC(C)(C)C. The van der Waals surface area contributed by atoms with Gasteiger partial charge in [0.1, 0.15) is 0 Å². The lowest BCUT2D eigenvalue weighted by Crippen LogP contribution is -2.50. The van der Waals surface area contributed by atoms with Crippen molar-refractivity contribution in [3.8, 4) is 0 Å². The van der Waals surface area contributed by atoms with Gasteiger partial charge in [0.25, 0.3) is 0 Å². The van der Waals surface area contributed by atoms with Crippen LogP contribution in [0.1, 0.15) is 27.2 Å². The summed E-state index contributed by atoms with van der Waals surface area (Å²) in [6, 6.07) is 0. The summed E-state index contributed by atoms with van der Waals surface area (Å²) < 4.78 is 16.5. The van der Waals surface area contributed by atoms with Crippen molar-refractivity contribution >= 4 is 15.9 Å². The molecule has 0 aromatic heterocycles. The Hall–Kier alpha value is 0.360. The van der Waals surface area contributed by atoms with Crippen LogP contribution in [0.25, 0.3) is 0 Å². The minimum Gasteiger partial charge on any atom is -0.378 e. The Morgan fingerprint density at radius 1 is 1.27 bits per heavy atom. The topological polar surface area (TPSA) is 27.7 Å². The normalized spacial score (nSPS) is 31.4. The molecule has 1 aliphatic carbocycles. The lowest BCUT2D eigenvalue weighted by Gasteiger charge is -2.40. The number of methoxy groups -OCH3 is 1. The molecule has 1 saturated carbocycles. The second-order valence-corrected chi connectivity index (χ2v) is 6.00. The number of hydrogen-bond donors (Lipinski definition) is 0. The van der Waals surface area contributed by atoms with Gasteiger partial charge in [-0.1, -0.05) is 15.9 Å². The summed E-state index contributed by atoms with van der Waals surface area (Å²) in [6.07, 6.45) is 1.44. The molecule has 0 aliphatic heterocycles. The third kappa shape index (κ3) is 4.39. The first-order valence-corrected chi connectivity index (χ1v) is 6.28. The van der Waals surface area contributed by atoms with E-state index in [0.29, 0.717) is 18.0 Å². The van der Waals surface area contributed by atoms with Crippen molar-refractivity contribution in [2.24, 2.45) is 0 Å². The Balaban J connectivity index is 2.06. The van der Waals surface area contributed by atoms with Gasteiger partial charge in [-0.2, -0.15) is 0 Å². The molecule has 0 aromatic carbocycles. The quantitative estimate of drug-likeness (QED) is 0.572. The van der Waals surface area contributed by atoms with Gasteiger partial charge in [0.15, 0.2) is 0 Å². The zero-order valence-corrected chi connectivity index (χ0v) is 11.5. The van der Waals surface area contributed by atoms with Gasteiger partial charge in [-0.05, 0) is 27.2 Å². The maximum absolute atomic E-state index is 5.67. The number of hydrogen-bond acceptors (Lipinski definition) is 3. The molecular weight excluding hydrogens is 260 g/mol. The van der Waals surface area contributed by atoms with Crippen molar-refractivity contribution < 1.29 is 14.2 Å². The number of ether oxygens (including phenoxy) is 3. The molecule has 0 spiro atoms. The highest BCUT2D eigenvalue weighted by atomic mass is 79.9. The van der Waals surface area contributed by atoms with E-state index >= 15 is 0 Å². The molecule has 1 fully saturated rings. The lowest BCUT2D eigenvalue weighted by atomic mass is 9.91. The molecule has 0 amide bonds. The van der Waals surface area contributed by atoms with Crippen LogP contribution < -0.4 is 0 Å². The number of halogens is 1. The monoisotopic (exact) mass is 280 g/mol. The molecule has 0 bridgehead atoms. The summed E-state index contributed by atoms with van der Waals surface area (Å²) >= 11 is 3.53. The Morgan fingerprint density at radius 2 is 1.93 bits per heavy atom. The summed E-state index contributed by atoms with van der Waals surface area (Å²) in [7, 11) is 1.72. The summed E-state index contributed by atoms with van der Waals surface area (Å²) in [4.78, 5) is 0.441. The van der Waals surface area contributed by atoms with E-state index in [0.717, 1.165) is 6.42 Å². The van der Waals surface area contributed by atoms with E-state index in [1.54, 1.807) is 7.11 Å². The van der Waals surface area contributed by atoms with Gasteiger partial charge < -0.3 is 14.2 Å². The van der Waals surface area contributed by atoms with Gasteiger partial charge in [-0.3, -0.25) is 0 Å². The minimum absolute atomic E-state index is 0.0818. The molecule has 3 nitrogen and oxygen atoms in total. The van der Waals surface area contributed by atoms with Crippen LogP contribution in [0.5, 0.6) is 0 Å². The summed E-state index contributed by atoms with van der Waals surface area (Å²) in [5.41, 5.74) is -0.0818. The zero-order chi connectivity index (χ0) is 11.5. The Labute approximate surface area is 101 Å². The summed E-state index contributed by atoms with van der Waals surface area (Å²) in [6.45, 7) is 7.42. The van der Waals surface area contributed by atoms with Crippen LogP contribution in [0.2, 0.25) is 0 Å². The van der Waals surface area contributed by atoms with E-state index in [-0.39, 0.29) is 17.8 Å². The molecule has 1 aliphatic rings. The second kappa shape index (κ2) is 5.62. The molecule has 3 atom stereocenters. The molecule has 15 heavy (non-hydrogen) atoms. The molecule has 3 unspecified atom stereocenters. The second-order valence-electron chi connectivity index (χ2n) is 4.82. The Kier molecular flexibility index (Phi) is 5.03. The smallest absolute Gasteiger partial charge is 0.0958 e. The van der Waals surface area contributed by atoms with Gasteiger partial charge in [0.2, 0.25) is 0 Å². The molecule has 0 saturated heterocycles. The van der Waals surface area contributed by atoms with Crippen LogP contribution in [0.15, 0.2) is 0 Å². The predicted molar refractivity (Wildman–Crippen MR) is 63.6 cm³/mol. The van der Waals surface area contributed by atoms with Crippen LogP contribution in [0, 0.1) is 0 Å².